The van der Waals surface area contributed by atoms with Crippen molar-refractivity contribution in [1.29, 1.82) is 0 Å². The molecule has 1 amide bonds. The van der Waals surface area contributed by atoms with Crippen LogP contribution in [-0.2, 0) is 20.0 Å². The average molecular weight is 362 g/mol. The number of hydrogen-bond donors (Lipinski definition) is 1. The fraction of sp³-hybridized carbons (Fsp3) is 0.286. The summed E-state index contributed by atoms with van der Waals surface area (Å²) >= 11 is 0. The van der Waals surface area contributed by atoms with E-state index < -0.39 is 0 Å². The summed E-state index contributed by atoms with van der Waals surface area (Å²) in [7, 11) is 1.67. The molecule has 138 valence electrons. The Balaban J connectivity index is 1.46. The molecule has 0 saturated heterocycles. The number of aromatic nitrogens is 3. The van der Waals surface area contributed by atoms with Crippen molar-refractivity contribution in [2.45, 2.75) is 31.8 Å². The molecule has 3 aromatic rings. The van der Waals surface area contributed by atoms with Crippen molar-refractivity contribution in [3.05, 3.63) is 76.5 Å². The van der Waals surface area contributed by atoms with Crippen molar-refractivity contribution in [3.63, 3.8) is 0 Å². The van der Waals surface area contributed by atoms with Gasteiger partial charge in [-0.05, 0) is 36.1 Å². The quantitative estimate of drug-likeness (QED) is 0.778. The van der Waals surface area contributed by atoms with Crippen LogP contribution in [0.2, 0.25) is 0 Å². The highest BCUT2D eigenvalue weighted by molar-refractivity contribution is 5.95. The van der Waals surface area contributed by atoms with E-state index in [0.29, 0.717) is 18.5 Å². The smallest absolute Gasteiger partial charge is 0.345 e. The fourth-order valence-electron chi connectivity index (χ4n) is 3.58. The molecule has 0 spiro atoms. The lowest BCUT2D eigenvalue weighted by Crippen LogP contribution is -2.35. The van der Waals surface area contributed by atoms with E-state index in [4.69, 9.17) is 0 Å². The molecule has 1 aliphatic heterocycles. The first-order valence-corrected chi connectivity index (χ1v) is 9.21. The lowest BCUT2D eigenvalue weighted by Gasteiger charge is -2.16. The third-order valence-electron chi connectivity index (χ3n) is 5.07. The van der Waals surface area contributed by atoms with E-state index in [-0.39, 0.29) is 17.6 Å². The summed E-state index contributed by atoms with van der Waals surface area (Å²) < 4.78 is 3.09. The van der Waals surface area contributed by atoms with Crippen LogP contribution < -0.4 is 11.0 Å². The largest absolute Gasteiger partial charge is 0.349 e. The molecule has 1 aromatic heterocycles. The normalized spacial score (nSPS) is 16.4. The molecule has 0 fully saturated rings. The lowest BCUT2D eigenvalue weighted by atomic mass is 10.0. The number of nitrogens with zero attached hydrogens (tertiary/aromatic N) is 3. The van der Waals surface area contributed by atoms with E-state index in [2.05, 4.69) is 10.4 Å². The molecule has 0 aliphatic carbocycles. The van der Waals surface area contributed by atoms with Gasteiger partial charge in [0.2, 0.25) is 0 Å². The van der Waals surface area contributed by atoms with Gasteiger partial charge < -0.3 is 5.32 Å². The summed E-state index contributed by atoms with van der Waals surface area (Å²) in [5, 5.41) is 7.41. The van der Waals surface area contributed by atoms with Gasteiger partial charge in [-0.2, -0.15) is 5.10 Å². The maximum atomic E-state index is 12.7. The van der Waals surface area contributed by atoms with Crippen molar-refractivity contribution < 1.29 is 4.79 Å². The number of amides is 1. The molecule has 1 unspecified atom stereocenters. The van der Waals surface area contributed by atoms with E-state index in [1.165, 1.54) is 4.68 Å². The minimum atomic E-state index is -0.0902. The Morgan fingerprint density at radius 2 is 1.85 bits per heavy atom. The monoisotopic (exact) mass is 362 g/mol. The Morgan fingerprint density at radius 3 is 2.67 bits per heavy atom. The van der Waals surface area contributed by atoms with Gasteiger partial charge in [-0.1, -0.05) is 42.5 Å². The molecule has 2 aromatic carbocycles. The number of rotatable bonds is 3. The van der Waals surface area contributed by atoms with Crippen LogP contribution in [0, 0.1) is 0 Å². The number of benzene rings is 2. The van der Waals surface area contributed by atoms with E-state index >= 15 is 0 Å². The van der Waals surface area contributed by atoms with Crippen LogP contribution in [0.5, 0.6) is 0 Å². The predicted octanol–water partition coefficient (Wildman–Crippen LogP) is 2.38. The number of carbonyl (C=O) groups is 1. The maximum Gasteiger partial charge on any atom is 0.345 e. The van der Waals surface area contributed by atoms with Gasteiger partial charge in [-0.3, -0.25) is 9.36 Å². The standard InChI is InChI=1S/C21H22N4O2/c1-24-21(27)25-13-12-18(10-11-19(25)23-24)22-20(26)17-9-5-8-16(14-17)15-6-3-2-4-7-15/h2-9,14,18H,10-13H2,1H3,(H,22,26). The second kappa shape index (κ2) is 7.23. The van der Waals surface area contributed by atoms with Crippen LogP contribution in [0.3, 0.4) is 0 Å². The van der Waals surface area contributed by atoms with E-state index in [0.717, 1.165) is 29.8 Å². The van der Waals surface area contributed by atoms with Crippen LogP contribution in [0.15, 0.2) is 59.4 Å². The topological polar surface area (TPSA) is 68.9 Å². The summed E-state index contributed by atoms with van der Waals surface area (Å²) in [4.78, 5) is 24.8. The van der Waals surface area contributed by atoms with Crippen LogP contribution in [0.1, 0.15) is 29.0 Å². The molecule has 0 saturated carbocycles. The SMILES string of the molecule is Cn1nc2n(c1=O)CCC(NC(=O)c1cccc(-c3ccccc3)c1)CC2. The molecular formula is C21H22N4O2. The third-order valence-corrected chi connectivity index (χ3v) is 5.07. The molecule has 27 heavy (non-hydrogen) atoms. The summed E-state index contributed by atoms with van der Waals surface area (Å²) in [5.41, 5.74) is 2.66. The summed E-state index contributed by atoms with van der Waals surface area (Å²) in [6.45, 7) is 0.580. The van der Waals surface area contributed by atoms with Gasteiger partial charge >= 0.3 is 5.69 Å². The third kappa shape index (κ3) is 3.56. The molecule has 4 rings (SSSR count). The number of carbonyl (C=O) groups excluding carboxylic acids is 1. The summed E-state index contributed by atoms with van der Waals surface area (Å²) in [5.74, 6) is 0.718. The zero-order valence-electron chi connectivity index (χ0n) is 15.3. The zero-order chi connectivity index (χ0) is 18.8. The molecular weight excluding hydrogens is 340 g/mol. The fourth-order valence-corrected chi connectivity index (χ4v) is 3.58. The number of aryl methyl sites for hydroxylation is 2. The summed E-state index contributed by atoms with van der Waals surface area (Å²) in [6, 6.07) is 17.7. The Kier molecular flexibility index (Phi) is 4.62. The molecule has 2 heterocycles. The first-order valence-electron chi connectivity index (χ1n) is 9.21. The number of fused-ring (bicyclic) bond motifs is 1. The Bertz CT molecular complexity index is 1020. The van der Waals surface area contributed by atoms with Crippen molar-refractivity contribution >= 4 is 5.91 Å². The maximum absolute atomic E-state index is 12.7. The van der Waals surface area contributed by atoms with Crippen LogP contribution in [-0.4, -0.2) is 26.3 Å². The van der Waals surface area contributed by atoms with Gasteiger partial charge in [-0.25, -0.2) is 9.48 Å². The van der Waals surface area contributed by atoms with Crippen LogP contribution >= 0.6 is 0 Å². The molecule has 0 bridgehead atoms. The van der Waals surface area contributed by atoms with Crippen molar-refractivity contribution in [2.24, 2.45) is 7.05 Å². The molecule has 1 N–H and O–H groups in total. The van der Waals surface area contributed by atoms with Gasteiger partial charge in [0.05, 0.1) is 0 Å². The highest BCUT2D eigenvalue weighted by Gasteiger charge is 2.21. The lowest BCUT2D eigenvalue weighted by molar-refractivity contribution is 0.0933. The number of nitrogens with one attached hydrogen (secondary N) is 1. The van der Waals surface area contributed by atoms with E-state index in [1.807, 2.05) is 54.6 Å². The Morgan fingerprint density at radius 1 is 1.07 bits per heavy atom. The average Bonchev–Trinajstić information content (AvgIpc) is 2.85. The zero-order valence-corrected chi connectivity index (χ0v) is 15.3. The number of hydrogen-bond acceptors (Lipinski definition) is 3. The van der Waals surface area contributed by atoms with Gasteiger partial charge in [0.15, 0.2) is 0 Å². The minimum absolute atomic E-state index is 0.0317. The second-order valence-electron chi connectivity index (χ2n) is 6.92. The van der Waals surface area contributed by atoms with Crippen molar-refractivity contribution in [3.8, 4) is 11.1 Å². The molecule has 1 aliphatic rings. The molecule has 0 radical (unpaired) electrons. The van der Waals surface area contributed by atoms with Crippen molar-refractivity contribution in [1.82, 2.24) is 19.7 Å². The van der Waals surface area contributed by atoms with Gasteiger partial charge in [-0.15, -0.1) is 0 Å². The Labute approximate surface area is 157 Å². The van der Waals surface area contributed by atoms with Gasteiger partial charge in [0, 0.05) is 31.6 Å². The summed E-state index contributed by atoms with van der Waals surface area (Å²) in [6.07, 6.45) is 2.19. The second-order valence-corrected chi connectivity index (χ2v) is 6.92. The van der Waals surface area contributed by atoms with E-state index in [9.17, 15) is 9.59 Å². The van der Waals surface area contributed by atoms with Crippen LogP contribution in [0.4, 0.5) is 0 Å². The predicted molar refractivity (Wildman–Crippen MR) is 104 cm³/mol. The first-order chi connectivity index (χ1) is 13.1. The first kappa shape index (κ1) is 17.3. The Hall–Kier alpha value is -3.15. The van der Waals surface area contributed by atoms with Gasteiger partial charge in [0.25, 0.3) is 5.91 Å². The highest BCUT2D eigenvalue weighted by atomic mass is 16.2. The van der Waals surface area contributed by atoms with E-state index in [1.54, 1.807) is 11.6 Å². The molecule has 6 heteroatoms. The van der Waals surface area contributed by atoms with Crippen molar-refractivity contribution in [2.75, 3.05) is 0 Å². The molecule has 1 atom stereocenters. The highest BCUT2D eigenvalue weighted by Crippen LogP contribution is 2.20. The van der Waals surface area contributed by atoms with Crippen LogP contribution in [0.25, 0.3) is 11.1 Å². The van der Waals surface area contributed by atoms with Gasteiger partial charge in [0.1, 0.15) is 5.82 Å². The molecule has 6 nitrogen and oxygen atoms in total. The minimum Gasteiger partial charge on any atom is -0.349 e.